The summed E-state index contributed by atoms with van der Waals surface area (Å²) in [6.07, 6.45) is 0. The fourth-order valence-electron chi connectivity index (χ4n) is 2.84. The smallest absolute Gasteiger partial charge is 0.328 e. The van der Waals surface area contributed by atoms with Crippen LogP contribution in [-0.4, -0.2) is 29.3 Å². The average Bonchev–Trinajstić information content (AvgIpc) is 2.85. The zero-order valence-electron chi connectivity index (χ0n) is 14.8. The van der Waals surface area contributed by atoms with E-state index in [4.69, 9.17) is 9.47 Å². The van der Waals surface area contributed by atoms with Crippen molar-refractivity contribution in [2.75, 3.05) is 19.5 Å². The van der Waals surface area contributed by atoms with E-state index >= 15 is 0 Å². The van der Waals surface area contributed by atoms with E-state index in [-0.39, 0.29) is 11.6 Å². The van der Waals surface area contributed by atoms with Crippen molar-refractivity contribution < 1.29 is 14.3 Å². The number of hydrogen-bond donors (Lipinski definition) is 1. The summed E-state index contributed by atoms with van der Waals surface area (Å²) in [5, 5.41) is 2.84. The van der Waals surface area contributed by atoms with Crippen molar-refractivity contribution in [1.82, 2.24) is 9.13 Å². The molecule has 0 saturated carbocycles. The Morgan fingerprint density at radius 1 is 1.00 bits per heavy atom. The van der Waals surface area contributed by atoms with Crippen molar-refractivity contribution in [3.63, 3.8) is 0 Å². The second kappa shape index (κ2) is 6.87. The summed E-state index contributed by atoms with van der Waals surface area (Å²) < 4.78 is 14.5. The predicted molar refractivity (Wildman–Crippen MR) is 103 cm³/mol. The summed E-state index contributed by atoms with van der Waals surface area (Å²) in [7, 11) is 6.39. The number of nitrogens with zero attached hydrogens (tertiary/aromatic N) is 2. The summed E-state index contributed by atoms with van der Waals surface area (Å²) >= 11 is 3.36. The first-order valence-corrected chi connectivity index (χ1v) is 8.55. The first kappa shape index (κ1) is 18.1. The third-order valence-electron chi connectivity index (χ3n) is 4.25. The van der Waals surface area contributed by atoms with E-state index < -0.39 is 0 Å². The number of aromatic nitrogens is 2. The minimum absolute atomic E-state index is 0.154. The lowest BCUT2D eigenvalue weighted by Gasteiger charge is -2.13. The van der Waals surface area contributed by atoms with E-state index in [0.29, 0.717) is 33.8 Å². The van der Waals surface area contributed by atoms with Gasteiger partial charge in [-0.15, -0.1) is 0 Å². The molecule has 1 N–H and O–H groups in total. The Kier molecular flexibility index (Phi) is 4.78. The average molecular weight is 420 g/mol. The van der Waals surface area contributed by atoms with Crippen LogP contribution in [0.4, 0.5) is 5.69 Å². The zero-order chi connectivity index (χ0) is 19.0. The van der Waals surface area contributed by atoms with Crippen molar-refractivity contribution in [3.05, 3.63) is 50.9 Å². The maximum absolute atomic E-state index is 12.8. The maximum Gasteiger partial charge on any atom is 0.328 e. The molecule has 3 rings (SSSR count). The van der Waals surface area contributed by atoms with E-state index in [9.17, 15) is 9.59 Å². The van der Waals surface area contributed by atoms with Crippen LogP contribution < -0.4 is 20.5 Å². The van der Waals surface area contributed by atoms with Crippen molar-refractivity contribution in [2.24, 2.45) is 14.1 Å². The van der Waals surface area contributed by atoms with Gasteiger partial charge in [0.25, 0.3) is 5.91 Å². The van der Waals surface area contributed by atoms with Crippen LogP contribution in [0.3, 0.4) is 0 Å². The number of methoxy groups -OCH3 is 2. The van der Waals surface area contributed by atoms with Crippen molar-refractivity contribution in [3.8, 4) is 11.5 Å². The Morgan fingerprint density at radius 3 is 2.23 bits per heavy atom. The fourth-order valence-corrected chi connectivity index (χ4v) is 3.20. The van der Waals surface area contributed by atoms with Crippen LogP contribution in [0, 0.1) is 0 Å². The van der Waals surface area contributed by atoms with Gasteiger partial charge in [-0.05, 0) is 24.3 Å². The molecule has 3 aromatic rings. The van der Waals surface area contributed by atoms with Crippen LogP contribution in [0.2, 0.25) is 0 Å². The molecule has 1 heterocycles. The number of hydrogen-bond acceptors (Lipinski definition) is 4. The minimum Gasteiger partial charge on any atom is -0.496 e. The largest absolute Gasteiger partial charge is 0.496 e. The lowest BCUT2D eigenvalue weighted by Crippen LogP contribution is -2.19. The topological polar surface area (TPSA) is 74.5 Å². The molecule has 2 aromatic carbocycles. The van der Waals surface area contributed by atoms with E-state index in [1.807, 2.05) is 0 Å². The van der Waals surface area contributed by atoms with Gasteiger partial charge in [-0.1, -0.05) is 15.9 Å². The molecule has 0 aliphatic rings. The number of benzene rings is 2. The molecule has 8 heteroatoms. The number of rotatable bonds is 4. The molecule has 26 heavy (non-hydrogen) atoms. The van der Waals surface area contributed by atoms with E-state index in [0.717, 1.165) is 4.47 Å². The Morgan fingerprint density at radius 2 is 1.62 bits per heavy atom. The lowest BCUT2D eigenvalue weighted by atomic mass is 10.1. The van der Waals surface area contributed by atoms with Crippen molar-refractivity contribution in [1.29, 1.82) is 0 Å². The molecule has 0 fully saturated rings. The molecule has 0 aliphatic carbocycles. The third-order valence-corrected chi connectivity index (χ3v) is 4.74. The first-order valence-electron chi connectivity index (χ1n) is 7.75. The molecular formula is C18H18BrN3O4. The summed E-state index contributed by atoms with van der Waals surface area (Å²) in [6.45, 7) is 0. The molecule has 1 amide bonds. The molecule has 0 aliphatic heterocycles. The van der Waals surface area contributed by atoms with Crippen LogP contribution in [-0.2, 0) is 14.1 Å². The van der Waals surface area contributed by atoms with Gasteiger partial charge in [0.2, 0.25) is 0 Å². The molecule has 0 spiro atoms. The Bertz CT molecular complexity index is 1070. The highest BCUT2D eigenvalue weighted by atomic mass is 79.9. The number of aryl methyl sites for hydroxylation is 2. The molecular weight excluding hydrogens is 402 g/mol. The van der Waals surface area contributed by atoms with Crippen molar-refractivity contribution >= 4 is 38.6 Å². The standard InChI is InChI=1S/C18H18BrN3O4/c1-21-13-8-12(16(26-4)9-14(13)22(2)18(21)24)20-17(23)11-7-10(19)5-6-15(11)25-3/h5-9H,1-4H3,(H,20,23). The monoisotopic (exact) mass is 419 g/mol. The minimum atomic E-state index is -0.346. The van der Waals surface area contributed by atoms with Crippen LogP contribution in [0.15, 0.2) is 39.6 Å². The maximum atomic E-state index is 12.8. The Balaban J connectivity index is 2.08. The second-order valence-corrected chi connectivity index (χ2v) is 6.66. The second-order valence-electron chi connectivity index (χ2n) is 5.74. The molecule has 7 nitrogen and oxygen atoms in total. The number of nitrogens with one attached hydrogen (secondary N) is 1. The molecule has 0 saturated heterocycles. The summed E-state index contributed by atoms with van der Waals surface area (Å²) in [5.41, 5.74) is 2.10. The van der Waals surface area contributed by atoms with Gasteiger partial charge < -0.3 is 14.8 Å². The van der Waals surface area contributed by atoms with Gasteiger partial charge in [-0.3, -0.25) is 13.9 Å². The van der Waals surface area contributed by atoms with E-state index in [1.165, 1.54) is 23.4 Å². The van der Waals surface area contributed by atoms with Gasteiger partial charge in [-0.25, -0.2) is 4.79 Å². The van der Waals surface area contributed by atoms with Gasteiger partial charge in [0.05, 0.1) is 36.5 Å². The van der Waals surface area contributed by atoms with Gasteiger partial charge in [-0.2, -0.15) is 0 Å². The molecule has 0 unspecified atom stereocenters. The van der Waals surface area contributed by atoms with Gasteiger partial charge in [0, 0.05) is 24.6 Å². The number of anilines is 1. The highest BCUT2D eigenvalue weighted by Crippen LogP contribution is 2.31. The number of carbonyl (C=O) groups is 1. The molecule has 136 valence electrons. The zero-order valence-corrected chi connectivity index (χ0v) is 16.4. The number of fused-ring (bicyclic) bond motifs is 1. The lowest BCUT2D eigenvalue weighted by molar-refractivity contribution is 0.102. The van der Waals surface area contributed by atoms with Crippen LogP contribution in [0.1, 0.15) is 10.4 Å². The first-order chi connectivity index (χ1) is 12.4. The molecule has 0 bridgehead atoms. The van der Waals surface area contributed by atoms with Crippen LogP contribution >= 0.6 is 15.9 Å². The number of amides is 1. The highest BCUT2D eigenvalue weighted by molar-refractivity contribution is 9.10. The van der Waals surface area contributed by atoms with E-state index in [2.05, 4.69) is 21.2 Å². The molecule has 1 aromatic heterocycles. The highest BCUT2D eigenvalue weighted by Gasteiger charge is 2.18. The summed E-state index contributed by atoms with van der Waals surface area (Å²) in [5.74, 6) is 0.570. The number of halogens is 1. The van der Waals surface area contributed by atoms with Gasteiger partial charge in [0.1, 0.15) is 11.5 Å². The van der Waals surface area contributed by atoms with Crippen molar-refractivity contribution in [2.45, 2.75) is 0 Å². The molecule has 0 atom stereocenters. The Labute approximate surface area is 158 Å². The van der Waals surface area contributed by atoms with Gasteiger partial charge in [0.15, 0.2) is 0 Å². The quantitative estimate of drug-likeness (QED) is 0.705. The van der Waals surface area contributed by atoms with Crippen LogP contribution in [0.5, 0.6) is 11.5 Å². The fraction of sp³-hybridized carbons (Fsp3) is 0.222. The Hall–Kier alpha value is -2.74. The van der Waals surface area contributed by atoms with Gasteiger partial charge >= 0.3 is 5.69 Å². The van der Waals surface area contributed by atoms with E-state index in [1.54, 1.807) is 44.4 Å². The predicted octanol–water partition coefficient (Wildman–Crippen LogP) is 2.91. The SMILES string of the molecule is COc1cc2c(cc1NC(=O)c1cc(Br)ccc1OC)n(C)c(=O)n2C. The normalized spacial score (nSPS) is 10.8. The van der Waals surface area contributed by atoms with Crippen LogP contribution in [0.25, 0.3) is 11.0 Å². The number of imidazole rings is 1. The molecule has 0 radical (unpaired) electrons. The summed E-state index contributed by atoms with van der Waals surface area (Å²) in [4.78, 5) is 24.9. The third kappa shape index (κ3) is 2.96. The number of carbonyl (C=O) groups excluding carboxylic acids is 1. The number of ether oxygens (including phenoxy) is 2. The summed E-state index contributed by atoms with van der Waals surface area (Å²) in [6, 6.07) is 8.63.